The number of hydrogen-bond acceptors (Lipinski definition) is 20. The third-order valence-corrected chi connectivity index (χ3v) is 10.6. The van der Waals surface area contributed by atoms with Crippen LogP contribution in [0.15, 0.2) is 30.5 Å². The summed E-state index contributed by atoms with van der Waals surface area (Å²) in [6.45, 7) is -2.36. The van der Waals surface area contributed by atoms with Crippen molar-refractivity contribution in [1.29, 1.82) is 5.41 Å². The molecule has 0 spiro atoms. The molecule has 8 atom stereocenters. The zero-order valence-corrected chi connectivity index (χ0v) is 34.1. The number of aliphatic hydroxyl groups is 10. The van der Waals surface area contributed by atoms with Crippen molar-refractivity contribution < 1.29 is 60.7 Å². The van der Waals surface area contributed by atoms with Crippen LogP contribution in [0.25, 0.3) is 10.6 Å². The highest BCUT2D eigenvalue weighted by atomic mass is 35.5. The van der Waals surface area contributed by atoms with E-state index >= 15 is 0 Å². The van der Waals surface area contributed by atoms with Crippen molar-refractivity contribution >= 4 is 52.3 Å². The van der Waals surface area contributed by atoms with Crippen LogP contribution in [0.1, 0.15) is 40.2 Å². The fraction of sp³-hybridized carbons (Fsp3) is 0.556. The number of benzene rings is 1. The molecule has 1 aromatic carbocycles. The molecule has 0 fully saturated rings. The van der Waals surface area contributed by atoms with Crippen LogP contribution >= 0.6 is 22.9 Å². The van der Waals surface area contributed by atoms with Gasteiger partial charge in [-0.05, 0) is 31.2 Å². The van der Waals surface area contributed by atoms with Crippen molar-refractivity contribution in [2.75, 3.05) is 57.4 Å². The molecular weight excluding hydrogens is 832 g/mol. The van der Waals surface area contributed by atoms with Crippen LogP contribution in [0.5, 0.6) is 0 Å². The molecule has 334 valence electrons. The van der Waals surface area contributed by atoms with Crippen molar-refractivity contribution in [1.82, 2.24) is 35.8 Å². The van der Waals surface area contributed by atoms with Gasteiger partial charge in [0.1, 0.15) is 41.6 Å². The number of nitrogens with zero attached hydrogens (tertiary/aromatic N) is 4. The maximum absolute atomic E-state index is 12.7. The number of aromatic nitrogens is 3. The number of nitrogen functional groups attached to an aromatic ring is 2. The van der Waals surface area contributed by atoms with Gasteiger partial charge in [-0.25, -0.2) is 15.0 Å². The highest BCUT2D eigenvalue weighted by molar-refractivity contribution is 7.15. The number of anilines is 2. The second kappa shape index (κ2) is 24.9. The fourth-order valence-corrected chi connectivity index (χ4v) is 6.71. The Morgan fingerprint density at radius 1 is 0.783 bits per heavy atom. The highest BCUT2D eigenvalue weighted by Crippen LogP contribution is 2.26. The predicted molar refractivity (Wildman–Crippen MR) is 220 cm³/mol. The largest absolute Gasteiger partial charge is 0.394 e. The maximum Gasteiger partial charge on any atom is 0.280 e. The molecule has 0 radical (unpaired) electrons. The number of amides is 2. The lowest BCUT2D eigenvalue weighted by molar-refractivity contribution is -0.130. The molecular formula is C36H55ClN10O12S. The van der Waals surface area contributed by atoms with Crippen LogP contribution in [0.3, 0.4) is 0 Å². The van der Waals surface area contributed by atoms with E-state index in [0.29, 0.717) is 19.4 Å². The maximum atomic E-state index is 12.7. The number of aliphatic hydroxyl groups excluding tert-OH is 10. The predicted octanol–water partition coefficient (Wildman–Crippen LogP) is -4.08. The fourth-order valence-electron chi connectivity index (χ4n) is 5.67. The van der Waals surface area contributed by atoms with Gasteiger partial charge in [0.2, 0.25) is 5.91 Å². The van der Waals surface area contributed by atoms with E-state index < -0.39 is 81.0 Å². The van der Waals surface area contributed by atoms with Crippen molar-refractivity contribution in [3.8, 4) is 10.6 Å². The van der Waals surface area contributed by atoms with Crippen LogP contribution < -0.4 is 27.4 Å². The van der Waals surface area contributed by atoms with Gasteiger partial charge < -0.3 is 73.2 Å². The van der Waals surface area contributed by atoms with E-state index in [2.05, 4.69) is 30.9 Å². The van der Waals surface area contributed by atoms with E-state index in [-0.39, 0.29) is 53.9 Å². The molecule has 22 nitrogen and oxygen atoms in total. The molecule has 2 amide bonds. The molecule has 3 aromatic rings. The summed E-state index contributed by atoms with van der Waals surface area (Å²) in [5.74, 6) is -1.64. The molecule has 18 N–H and O–H groups in total. The number of guanidine groups is 1. The van der Waals surface area contributed by atoms with Gasteiger partial charge in [0.15, 0.2) is 28.4 Å². The summed E-state index contributed by atoms with van der Waals surface area (Å²) >= 11 is 7.24. The molecule has 2 heterocycles. The third kappa shape index (κ3) is 15.7. The minimum atomic E-state index is -1.93. The number of rotatable bonds is 25. The van der Waals surface area contributed by atoms with Gasteiger partial charge >= 0.3 is 0 Å². The summed E-state index contributed by atoms with van der Waals surface area (Å²) in [7, 11) is 0. The van der Waals surface area contributed by atoms with Gasteiger partial charge in [-0.2, -0.15) is 0 Å². The number of nitrogens with two attached hydrogens (primary N) is 2. The van der Waals surface area contributed by atoms with Crippen molar-refractivity contribution in [3.63, 3.8) is 0 Å². The van der Waals surface area contributed by atoms with E-state index in [4.69, 9.17) is 38.7 Å². The average Bonchev–Trinajstić information content (AvgIpc) is 3.71. The zero-order valence-electron chi connectivity index (χ0n) is 32.5. The number of unbranched alkanes of at least 4 members (excludes halogenated alkanes) is 1. The minimum absolute atomic E-state index is 0.0276. The number of aryl methyl sites for hydroxylation is 2. The smallest absolute Gasteiger partial charge is 0.280 e. The van der Waals surface area contributed by atoms with Crippen LogP contribution in [0, 0.1) is 5.41 Å². The average molecular weight is 887 g/mol. The highest BCUT2D eigenvalue weighted by Gasteiger charge is 2.34. The Kier molecular flexibility index (Phi) is 20.8. The summed E-state index contributed by atoms with van der Waals surface area (Å²) in [4.78, 5) is 39.3. The van der Waals surface area contributed by atoms with E-state index in [9.17, 15) is 50.4 Å². The van der Waals surface area contributed by atoms with Crippen LogP contribution in [0.2, 0.25) is 5.15 Å². The lowest BCUT2D eigenvalue weighted by Crippen LogP contribution is -2.54. The van der Waals surface area contributed by atoms with Gasteiger partial charge in [0.25, 0.3) is 5.91 Å². The lowest BCUT2D eigenvalue weighted by atomic mass is 10.0. The molecule has 60 heavy (non-hydrogen) atoms. The van der Waals surface area contributed by atoms with Gasteiger partial charge in [0, 0.05) is 55.8 Å². The second-order valence-electron chi connectivity index (χ2n) is 13.9. The lowest BCUT2D eigenvalue weighted by Gasteiger charge is -2.33. The molecule has 0 aliphatic rings. The molecule has 3 rings (SSSR count). The summed E-state index contributed by atoms with van der Waals surface area (Å²) in [5, 5.41) is 115. The van der Waals surface area contributed by atoms with Crippen LogP contribution in [-0.2, 0) is 17.6 Å². The summed E-state index contributed by atoms with van der Waals surface area (Å²) in [6.07, 6.45) is -10.2. The Hall–Kier alpha value is -4.21. The Bertz CT molecular complexity index is 1790. The second-order valence-corrected chi connectivity index (χ2v) is 15.4. The molecule has 0 unspecified atom stereocenters. The number of halogens is 1. The van der Waals surface area contributed by atoms with Crippen molar-refractivity contribution in [2.24, 2.45) is 0 Å². The minimum Gasteiger partial charge on any atom is -0.394 e. The Balaban J connectivity index is 1.43. The van der Waals surface area contributed by atoms with E-state index in [0.717, 1.165) is 33.9 Å². The monoisotopic (exact) mass is 886 g/mol. The van der Waals surface area contributed by atoms with E-state index in [1.807, 2.05) is 24.3 Å². The number of thiazole rings is 1. The molecule has 24 heteroatoms. The Morgan fingerprint density at radius 3 is 1.95 bits per heavy atom. The summed E-state index contributed by atoms with van der Waals surface area (Å²) in [6, 6.07) is 7.89. The first kappa shape index (κ1) is 50.1. The first-order chi connectivity index (χ1) is 28.4. The first-order valence-corrected chi connectivity index (χ1v) is 20.1. The van der Waals surface area contributed by atoms with Gasteiger partial charge in [0.05, 0.1) is 25.4 Å². The number of hydrogen-bond donors (Lipinski definition) is 16. The zero-order chi connectivity index (χ0) is 44.5. The summed E-state index contributed by atoms with van der Waals surface area (Å²) in [5.41, 5.74) is 12.9. The quantitative estimate of drug-likeness (QED) is 0.0218. The SMILES string of the molecule is N=C(NCCCCc1ccc(-c2ncc(CCC(=O)NCCN(C[C@H](O)[C@@H](O)[C@H](O)[C@H](O)CO)C[C@H](O)[C@@H](O)[C@H](O)[C@H](O)CO)s2)cc1)NC(=O)c1nc(Cl)c(N)nc1N. The number of carbonyl (C=O) groups excluding carboxylic acids is 2. The molecule has 0 saturated heterocycles. The van der Waals surface area contributed by atoms with Gasteiger partial charge in [-0.3, -0.25) is 25.2 Å². The van der Waals surface area contributed by atoms with Gasteiger partial charge in [-0.15, -0.1) is 11.3 Å². The van der Waals surface area contributed by atoms with Crippen LogP contribution in [0.4, 0.5) is 11.6 Å². The van der Waals surface area contributed by atoms with Crippen LogP contribution in [-0.4, -0.2) is 183 Å². The van der Waals surface area contributed by atoms with E-state index in [1.54, 1.807) is 6.20 Å². The number of carbonyl (C=O) groups is 2. The first-order valence-electron chi connectivity index (χ1n) is 18.9. The normalized spacial score (nSPS) is 15.7. The Labute approximate surface area is 354 Å². The van der Waals surface area contributed by atoms with E-state index in [1.165, 1.54) is 16.2 Å². The van der Waals surface area contributed by atoms with Gasteiger partial charge in [-0.1, -0.05) is 35.9 Å². The summed E-state index contributed by atoms with van der Waals surface area (Å²) < 4.78 is 0. The molecule has 0 saturated carbocycles. The molecule has 0 bridgehead atoms. The Morgan fingerprint density at radius 2 is 1.37 bits per heavy atom. The number of nitrogens with one attached hydrogen (secondary N) is 4. The molecule has 0 aliphatic heterocycles. The van der Waals surface area contributed by atoms with Crippen molar-refractivity contribution in [2.45, 2.75) is 80.9 Å². The van der Waals surface area contributed by atoms with Crippen molar-refractivity contribution in [3.05, 3.63) is 51.7 Å². The third-order valence-electron chi connectivity index (χ3n) is 9.20. The molecule has 2 aromatic heterocycles. The standard InChI is InChI=1S/C36H55ClN10O12S/c37-31-33(39)45-32(38)26(44-31)34(59)46-36(40)42-10-2-1-3-18-4-6-19(7-5-18)35-43-13-20(60-35)8-9-25(54)41-11-12-47(14-21(50)27(55)29(57)23(52)16-48)15-22(51)28(56)30(58)24(53)17-49/h4-7,13,21-24,27-30,48-53,55-58H,1-3,8-12,14-17H2,(H,41,54)(H4,38,39,45)(H3,40,42,46,59)/t21-,22-,23+,24+,27+,28+,29+,30+/m0/s1. The topological polar surface area (TPSA) is 390 Å². The molecule has 0 aliphatic carbocycles.